The number of carbonyl (C=O) groups excluding carboxylic acids is 1. The van der Waals surface area contributed by atoms with E-state index in [0.29, 0.717) is 12.2 Å². The Balaban J connectivity index is 3.09. The number of benzene rings is 1. The highest BCUT2D eigenvalue weighted by Crippen LogP contribution is 2.18. The Kier molecular flexibility index (Phi) is 5.03. The van der Waals surface area contributed by atoms with Crippen LogP contribution in [0.3, 0.4) is 0 Å². The maximum atomic E-state index is 11.7. The number of esters is 1. The monoisotopic (exact) mass is 280 g/mol. The van der Waals surface area contributed by atoms with E-state index in [9.17, 15) is 4.79 Å². The minimum absolute atomic E-state index is 0.345. The maximum absolute atomic E-state index is 11.7. The molecule has 1 rings (SSSR count). The predicted octanol–water partition coefficient (Wildman–Crippen LogP) is 3.57. The summed E-state index contributed by atoms with van der Waals surface area (Å²) in [5.41, 5.74) is 4.17. The third-order valence-electron chi connectivity index (χ3n) is 1.90. The molecule has 84 valence electrons. The van der Waals surface area contributed by atoms with Gasteiger partial charge in [-0.2, -0.15) is 0 Å². The number of ether oxygens (including phenoxy) is 1. The van der Waals surface area contributed by atoms with Gasteiger partial charge in [-0.25, -0.2) is 4.79 Å². The zero-order valence-corrected chi connectivity index (χ0v) is 10.9. The lowest BCUT2D eigenvalue weighted by Crippen LogP contribution is -2.06. The fourth-order valence-electron chi connectivity index (χ4n) is 1.22. The van der Waals surface area contributed by atoms with Crippen molar-refractivity contribution in [1.82, 2.24) is 0 Å². The van der Waals surface area contributed by atoms with Crippen molar-refractivity contribution in [2.75, 3.05) is 6.61 Å². The van der Waals surface area contributed by atoms with E-state index in [2.05, 4.69) is 21.7 Å². The summed E-state index contributed by atoms with van der Waals surface area (Å²) in [4.78, 5) is 11.7. The van der Waals surface area contributed by atoms with Crippen LogP contribution in [0.2, 0.25) is 0 Å². The first kappa shape index (κ1) is 12.8. The maximum Gasteiger partial charge on any atom is 0.346 e. The van der Waals surface area contributed by atoms with Crippen LogP contribution in [-0.2, 0) is 9.53 Å². The molecule has 0 fully saturated rings. The summed E-state index contributed by atoms with van der Waals surface area (Å²) < 4.78 is 5.94. The van der Waals surface area contributed by atoms with Crippen molar-refractivity contribution < 1.29 is 9.53 Å². The van der Waals surface area contributed by atoms with E-state index < -0.39 is 0 Å². The standard InChI is InChI=1S/C13H13BrO2/c1-3-5-12(13(15)16-4-2)10-6-8-11(14)9-7-10/h3,6-9H,4H2,1-2H3. The molecule has 0 heterocycles. The normalized spacial score (nSPS) is 9.19. The molecule has 0 aliphatic carbocycles. The van der Waals surface area contributed by atoms with Crippen molar-refractivity contribution in [2.24, 2.45) is 0 Å². The molecule has 1 aromatic rings. The first-order valence-corrected chi connectivity index (χ1v) is 5.82. The second-order valence-electron chi connectivity index (χ2n) is 3.04. The van der Waals surface area contributed by atoms with Gasteiger partial charge >= 0.3 is 5.97 Å². The molecular formula is C13H13BrO2. The number of halogens is 1. The molecule has 0 saturated heterocycles. The Bertz CT molecular complexity index is 426. The number of hydrogen-bond acceptors (Lipinski definition) is 2. The van der Waals surface area contributed by atoms with Gasteiger partial charge in [-0.15, -0.1) is 5.73 Å². The summed E-state index contributed by atoms with van der Waals surface area (Å²) in [7, 11) is 0. The van der Waals surface area contributed by atoms with E-state index in [1.165, 1.54) is 0 Å². The van der Waals surface area contributed by atoms with Crippen LogP contribution in [0.1, 0.15) is 19.4 Å². The topological polar surface area (TPSA) is 26.3 Å². The second-order valence-corrected chi connectivity index (χ2v) is 3.95. The molecule has 0 amide bonds. The average Bonchev–Trinajstić information content (AvgIpc) is 2.28. The van der Waals surface area contributed by atoms with E-state index >= 15 is 0 Å². The molecule has 0 N–H and O–H groups in total. The van der Waals surface area contributed by atoms with Crippen molar-refractivity contribution in [3.63, 3.8) is 0 Å². The highest BCUT2D eigenvalue weighted by molar-refractivity contribution is 9.10. The molecule has 1 aromatic carbocycles. The molecule has 0 radical (unpaired) electrons. The Morgan fingerprint density at radius 1 is 1.44 bits per heavy atom. The van der Waals surface area contributed by atoms with Crippen LogP contribution in [0.4, 0.5) is 0 Å². The van der Waals surface area contributed by atoms with Crippen LogP contribution in [-0.4, -0.2) is 12.6 Å². The molecular weight excluding hydrogens is 268 g/mol. The quantitative estimate of drug-likeness (QED) is 0.481. The minimum atomic E-state index is -0.345. The van der Waals surface area contributed by atoms with Crippen LogP contribution < -0.4 is 0 Å². The molecule has 0 atom stereocenters. The van der Waals surface area contributed by atoms with Gasteiger partial charge in [0, 0.05) is 4.47 Å². The van der Waals surface area contributed by atoms with E-state index in [0.717, 1.165) is 10.0 Å². The van der Waals surface area contributed by atoms with Gasteiger partial charge < -0.3 is 4.74 Å². The first-order chi connectivity index (χ1) is 7.69. The van der Waals surface area contributed by atoms with Crippen molar-refractivity contribution in [3.8, 4) is 0 Å². The zero-order chi connectivity index (χ0) is 12.0. The molecule has 0 aromatic heterocycles. The largest absolute Gasteiger partial charge is 0.462 e. The van der Waals surface area contributed by atoms with E-state index in [1.54, 1.807) is 13.0 Å². The Morgan fingerprint density at radius 3 is 2.56 bits per heavy atom. The molecule has 3 heteroatoms. The van der Waals surface area contributed by atoms with Crippen LogP contribution in [0.5, 0.6) is 0 Å². The molecule has 0 aliphatic rings. The Labute approximate surface area is 104 Å². The van der Waals surface area contributed by atoms with Gasteiger partial charge in [0.05, 0.1) is 6.61 Å². The zero-order valence-electron chi connectivity index (χ0n) is 9.29. The predicted molar refractivity (Wildman–Crippen MR) is 67.9 cm³/mol. The summed E-state index contributed by atoms with van der Waals surface area (Å²) in [5, 5.41) is 0. The molecule has 0 spiro atoms. The molecule has 0 saturated carbocycles. The third kappa shape index (κ3) is 3.37. The van der Waals surface area contributed by atoms with Crippen LogP contribution in [0, 0.1) is 0 Å². The number of carbonyl (C=O) groups is 1. The van der Waals surface area contributed by atoms with Gasteiger partial charge in [0.1, 0.15) is 5.57 Å². The fourth-order valence-corrected chi connectivity index (χ4v) is 1.49. The Morgan fingerprint density at radius 2 is 2.06 bits per heavy atom. The van der Waals surface area contributed by atoms with E-state index in [-0.39, 0.29) is 5.97 Å². The molecule has 0 unspecified atom stereocenters. The molecule has 0 bridgehead atoms. The van der Waals surface area contributed by atoms with Crippen LogP contribution in [0.25, 0.3) is 5.57 Å². The van der Waals surface area contributed by atoms with Gasteiger partial charge in [0.25, 0.3) is 0 Å². The van der Waals surface area contributed by atoms with Crippen molar-refractivity contribution >= 4 is 27.5 Å². The van der Waals surface area contributed by atoms with Gasteiger partial charge in [-0.05, 0) is 37.6 Å². The van der Waals surface area contributed by atoms with Gasteiger partial charge in [0.2, 0.25) is 0 Å². The first-order valence-electron chi connectivity index (χ1n) is 5.03. The minimum Gasteiger partial charge on any atom is -0.462 e. The van der Waals surface area contributed by atoms with Crippen molar-refractivity contribution in [3.05, 3.63) is 46.1 Å². The van der Waals surface area contributed by atoms with Crippen LogP contribution in [0.15, 0.2) is 40.5 Å². The lowest BCUT2D eigenvalue weighted by Gasteiger charge is -2.04. The number of hydrogen-bond donors (Lipinski definition) is 0. The van der Waals surface area contributed by atoms with Crippen LogP contribution >= 0.6 is 15.9 Å². The van der Waals surface area contributed by atoms with Crippen molar-refractivity contribution in [2.45, 2.75) is 13.8 Å². The van der Waals surface area contributed by atoms with Gasteiger partial charge in [-0.1, -0.05) is 28.1 Å². The lowest BCUT2D eigenvalue weighted by molar-refractivity contribution is -0.136. The average molecular weight is 281 g/mol. The van der Waals surface area contributed by atoms with Gasteiger partial charge in [-0.3, -0.25) is 0 Å². The summed E-state index contributed by atoms with van der Waals surface area (Å²) in [5.74, 6) is -0.345. The molecule has 0 aliphatic heterocycles. The van der Waals surface area contributed by atoms with E-state index in [4.69, 9.17) is 4.74 Å². The molecule has 2 nitrogen and oxygen atoms in total. The lowest BCUT2D eigenvalue weighted by atomic mass is 10.1. The third-order valence-corrected chi connectivity index (χ3v) is 2.43. The summed E-state index contributed by atoms with van der Waals surface area (Å²) >= 11 is 3.35. The summed E-state index contributed by atoms with van der Waals surface area (Å²) in [6.07, 6.45) is 1.70. The highest BCUT2D eigenvalue weighted by atomic mass is 79.9. The summed E-state index contributed by atoms with van der Waals surface area (Å²) in [6, 6.07) is 7.47. The Hall–Kier alpha value is -1.31. The number of rotatable bonds is 3. The smallest absolute Gasteiger partial charge is 0.346 e. The SMILES string of the molecule is CC=C=C(C(=O)OCC)c1ccc(Br)cc1. The molecule has 16 heavy (non-hydrogen) atoms. The van der Waals surface area contributed by atoms with E-state index in [1.807, 2.05) is 31.2 Å². The fraction of sp³-hybridized carbons (Fsp3) is 0.231. The van der Waals surface area contributed by atoms with Crippen molar-refractivity contribution in [1.29, 1.82) is 0 Å². The van der Waals surface area contributed by atoms with Gasteiger partial charge in [0.15, 0.2) is 0 Å². The highest BCUT2D eigenvalue weighted by Gasteiger charge is 2.11. The second kappa shape index (κ2) is 6.31. The summed E-state index contributed by atoms with van der Waals surface area (Å²) in [6.45, 7) is 3.97.